The molecule has 58 valence electrons. The summed E-state index contributed by atoms with van der Waals surface area (Å²) >= 11 is 0. The second-order valence-corrected chi connectivity index (χ2v) is 2.15. The first-order chi connectivity index (χ1) is 5.24. The molecular formula is C7H8N2O2. The topological polar surface area (TPSA) is 65.5 Å². The molecule has 1 heterocycles. The van der Waals surface area contributed by atoms with Crippen LogP contribution in [0.4, 0.5) is 0 Å². The predicted molar refractivity (Wildman–Crippen MR) is 41.2 cm³/mol. The van der Waals surface area contributed by atoms with E-state index < -0.39 is 0 Å². The Hall–Kier alpha value is -1.58. The first-order valence-electron chi connectivity index (χ1n) is 3.11. The highest BCUT2D eigenvalue weighted by molar-refractivity contribution is 5.80. The second-order valence-electron chi connectivity index (χ2n) is 2.15. The number of aromatic amines is 1. The van der Waals surface area contributed by atoms with Gasteiger partial charge in [0.15, 0.2) is 0 Å². The fraction of sp³-hybridized carbons (Fsp3) is 0.143. The molecule has 0 aromatic carbocycles. The van der Waals surface area contributed by atoms with Crippen molar-refractivity contribution in [3.63, 3.8) is 0 Å². The summed E-state index contributed by atoms with van der Waals surface area (Å²) in [5.74, 6) is 0. The lowest BCUT2D eigenvalue weighted by Gasteiger charge is -1.95. The molecule has 0 atom stereocenters. The van der Waals surface area contributed by atoms with Crippen LogP contribution in [0.5, 0.6) is 0 Å². The number of aromatic nitrogens is 1. The lowest BCUT2D eigenvalue weighted by molar-refractivity contribution is 0.322. The van der Waals surface area contributed by atoms with Gasteiger partial charge in [0.1, 0.15) is 0 Å². The number of hydrogen-bond acceptors (Lipinski definition) is 3. The molecule has 0 aliphatic heterocycles. The van der Waals surface area contributed by atoms with Crippen LogP contribution in [-0.2, 0) is 0 Å². The molecular weight excluding hydrogens is 144 g/mol. The van der Waals surface area contributed by atoms with Gasteiger partial charge in [-0.3, -0.25) is 4.79 Å². The van der Waals surface area contributed by atoms with Crippen LogP contribution >= 0.6 is 0 Å². The minimum Gasteiger partial charge on any atom is -0.411 e. The maximum Gasteiger partial charge on any atom is 0.248 e. The normalized spacial score (nSPS) is 10.6. The third-order valence-electron chi connectivity index (χ3n) is 1.35. The summed E-state index contributed by atoms with van der Waals surface area (Å²) in [6.07, 6.45) is 1.27. The Kier molecular flexibility index (Phi) is 2.06. The van der Waals surface area contributed by atoms with Crippen molar-refractivity contribution in [1.82, 2.24) is 4.98 Å². The summed E-state index contributed by atoms with van der Waals surface area (Å²) in [7, 11) is 0. The van der Waals surface area contributed by atoms with Crippen molar-refractivity contribution in [1.29, 1.82) is 0 Å². The molecule has 0 saturated carbocycles. The summed E-state index contributed by atoms with van der Waals surface area (Å²) < 4.78 is 0. The maximum atomic E-state index is 10.7. The quantitative estimate of drug-likeness (QED) is 0.349. The zero-order chi connectivity index (χ0) is 8.27. The summed E-state index contributed by atoms with van der Waals surface area (Å²) in [4.78, 5) is 13.2. The molecule has 0 bridgehead atoms. The molecule has 0 amide bonds. The molecule has 0 aliphatic rings. The highest BCUT2D eigenvalue weighted by Gasteiger charge is 1.93. The summed E-state index contributed by atoms with van der Waals surface area (Å²) in [5.41, 5.74) is 1.24. The van der Waals surface area contributed by atoms with E-state index in [1.165, 1.54) is 12.3 Å². The highest BCUT2D eigenvalue weighted by atomic mass is 16.4. The van der Waals surface area contributed by atoms with E-state index in [0.717, 1.165) is 0 Å². The van der Waals surface area contributed by atoms with Crippen LogP contribution in [0, 0.1) is 6.92 Å². The fourth-order valence-corrected chi connectivity index (χ4v) is 0.791. The summed E-state index contributed by atoms with van der Waals surface area (Å²) in [5, 5.41) is 11.0. The Labute approximate surface area is 63.2 Å². The molecule has 0 spiro atoms. The van der Waals surface area contributed by atoms with Crippen molar-refractivity contribution in [2.24, 2.45) is 5.16 Å². The van der Waals surface area contributed by atoms with Crippen molar-refractivity contribution in [3.05, 3.63) is 33.7 Å². The van der Waals surface area contributed by atoms with E-state index in [9.17, 15) is 4.79 Å². The zero-order valence-electron chi connectivity index (χ0n) is 6.03. The van der Waals surface area contributed by atoms with Gasteiger partial charge in [0.2, 0.25) is 5.56 Å². The minimum atomic E-state index is -0.155. The lowest BCUT2D eigenvalue weighted by Crippen LogP contribution is -2.06. The van der Waals surface area contributed by atoms with Gasteiger partial charge in [-0.25, -0.2) is 0 Å². The van der Waals surface area contributed by atoms with Crippen LogP contribution < -0.4 is 5.56 Å². The molecule has 0 radical (unpaired) electrons. The predicted octanol–water partition coefficient (Wildman–Crippen LogP) is 0.491. The molecule has 1 aromatic heterocycles. The fourth-order valence-electron chi connectivity index (χ4n) is 0.791. The minimum absolute atomic E-state index is 0.155. The number of nitrogens with one attached hydrogen (secondary N) is 1. The van der Waals surface area contributed by atoms with E-state index in [1.807, 2.05) is 0 Å². The molecule has 0 fully saturated rings. The van der Waals surface area contributed by atoms with Crippen molar-refractivity contribution in [2.75, 3.05) is 0 Å². The van der Waals surface area contributed by atoms with Gasteiger partial charge in [0, 0.05) is 17.3 Å². The summed E-state index contributed by atoms with van der Waals surface area (Å²) in [6, 6.07) is 2.97. The van der Waals surface area contributed by atoms with E-state index in [1.54, 1.807) is 13.0 Å². The van der Waals surface area contributed by atoms with Gasteiger partial charge in [-0.1, -0.05) is 5.16 Å². The van der Waals surface area contributed by atoms with Crippen LogP contribution in [0.1, 0.15) is 11.3 Å². The molecule has 4 nitrogen and oxygen atoms in total. The molecule has 2 N–H and O–H groups in total. The van der Waals surface area contributed by atoms with E-state index >= 15 is 0 Å². The number of oxime groups is 1. The Morgan fingerprint density at radius 2 is 2.36 bits per heavy atom. The number of nitrogens with zero attached hydrogens (tertiary/aromatic N) is 1. The van der Waals surface area contributed by atoms with Crippen molar-refractivity contribution in [2.45, 2.75) is 6.92 Å². The van der Waals surface area contributed by atoms with Crippen molar-refractivity contribution < 1.29 is 5.21 Å². The number of H-pyrrole nitrogens is 1. The second kappa shape index (κ2) is 3.01. The zero-order valence-corrected chi connectivity index (χ0v) is 6.03. The van der Waals surface area contributed by atoms with Crippen LogP contribution in [-0.4, -0.2) is 16.4 Å². The number of hydrogen-bond donors (Lipinski definition) is 2. The smallest absolute Gasteiger partial charge is 0.248 e. The maximum absolute atomic E-state index is 10.7. The summed E-state index contributed by atoms with van der Waals surface area (Å²) in [6.45, 7) is 1.73. The van der Waals surface area contributed by atoms with Gasteiger partial charge >= 0.3 is 0 Å². The molecule has 4 heteroatoms. The number of pyridine rings is 1. The largest absolute Gasteiger partial charge is 0.411 e. The van der Waals surface area contributed by atoms with Gasteiger partial charge in [-0.15, -0.1) is 0 Å². The average molecular weight is 152 g/mol. The molecule has 0 saturated heterocycles. The molecule has 11 heavy (non-hydrogen) atoms. The van der Waals surface area contributed by atoms with E-state index in [2.05, 4.69) is 10.1 Å². The monoisotopic (exact) mass is 152 g/mol. The third-order valence-corrected chi connectivity index (χ3v) is 1.35. The van der Waals surface area contributed by atoms with Gasteiger partial charge in [0.05, 0.1) is 6.21 Å². The van der Waals surface area contributed by atoms with E-state index in [0.29, 0.717) is 11.3 Å². The Bertz CT molecular complexity index is 327. The van der Waals surface area contributed by atoms with Gasteiger partial charge in [0.25, 0.3) is 0 Å². The lowest BCUT2D eigenvalue weighted by atomic mass is 10.2. The van der Waals surface area contributed by atoms with Crippen LogP contribution in [0.2, 0.25) is 0 Å². The molecule has 1 rings (SSSR count). The molecule has 0 unspecified atom stereocenters. The first-order valence-corrected chi connectivity index (χ1v) is 3.11. The first kappa shape index (κ1) is 7.53. The highest BCUT2D eigenvalue weighted by Crippen LogP contribution is 1.96. The Balaban J connectivity index is 3.19. The average Bonchev–Trinajstić information content (AvgIpc) is 1.95. The Morgan fingerprint density at radius 3 is 2.91 bits per heavy atom. The van der Waals surface area contributed by atoms with Gasteiger partial charge in [-0.05, 0) is 13.0 Å². The van der Waals surface area contributed by atoms with Crippen molar-refractivity contribution >= 4 is 6.21 Å². The van der Waals surface area contributed by atoms with Crippen LogP contribution in [0.25, 0.3) is 0 Å². The van der Waals surface area contributed by atoms with E-state index in [-0.39, 0.29) is 5.56 Å². The molecule has 0 aliphatic carbocycles. The standard InChI is InChI=1S/C7H8N2O2/c1-5-6(4-8-11)2-3-7(10)9-5/h2-4,11H,1H3,(H,9,10)/b8-4-. The number of aryl methyl sites for hydroxylation is 1. The third kappa shape index (κ3) is 1.67. The van der Waals surface area contributed by atoms with Crippen molar-refractivity contribution in [3.8, 4) is 0 Å². The van der Waals surface area contributed by atoms with E-state index in [4.69, 9.17) is 5.21 Å². The Morgan fingerprint density at radius 1 is 1.64 bits per heavy atom. The van der Waals surface area contributed by atoms with Gasteiger partial charge < -0.3 is 10.2 Å². The SMILES string of the molecule is Cc1[nH]c(=O)ccc1/C=N\O. The van der Waals surface area contributed by atoms with Gasteiger partial charge in [-0.2, -0.15) is 0 Å². The molecule has 1 aromatic rings. The van der Waals surface area contributed by atoms with Crippen LogP contribution in [0.3, 0.4) is 0 Å². The van der Waals surface area contributed by atoms with Crippen LogP contribution in [0.15, 0.2) is 22.1 Å². The number of rotatable bonds is 1.